The fourth-order valence-electron chi connectivity index (χ4n) is 2.18. The second-order valence-corrected chi connectivity index (χ2v) is 6.21. The monoisotopic (exact) mass is 373 g/mol. The standard InChI is InChI=1S/C16H17ClFNO4S/c1-3-22-15(20)13(16(21)23-4-2)14-19(7-8-24-14)10-5-6-12(18)11(17)9-10/h5-6,9H,3-4,7-8H2,1-2H3. The van der Waals surface area contributed by atoms with Crippen molar-refractivity contribution in [2.24, 2.45) is 0 Å². The van der Waals surface area contributed by atoms with Gasteiger partial charge in [-0.15, -0.1) is 11.8 Å². The van der Waals surface area contributed by atoms with Gasteiger partial charge in [0.2, 0.25) is 0 Å². The van der Waals surface area contributed by atoms with Gasteiger partial charge in [-0.3, -0.25) is 0 Å². The van der Waals surface area contributed by atoms with Crippen LogP contribution in [0.15, 0.2) is 28.8 Å². The number of hydrogen-bond acceptors (Lipinski definition) is 6. The Kier molecular flexibility index (Phi) is 6.51. The molecule has 0 radical (unpaired) electrons. The van der Waals surface area contributed by atoms with E-state index in [0.717, 1.165) is 0 Å². The Morgan fingerprint density at radius 3 is 2.42 bits per heavy atom. The molecule has 0 atom stereocenters. The highest BCUT2D eigenvalue weighted by molar-refractivity contribution is 8.03. The summed E-state index contributed by atoms with van der Waals surface area (Å²) in [7, 11) is 0. The molecule has 1 aromatic rings. The van der Waals surface area contributed by atoms with Crippen LogP contribution in [0.5, 0.6) is 0 Å². The Morgan fingerprint density at radius 1 is 1.25 bits per heavy atom. The molecule has 1 aromatic carbocycles. The third-order valence-corrected chi connectivity index (χ3v) is 4.56. The predicted molar refractivity (Wildman–Crippen MR) is 91.5 cm³/mol. The summed E-state index contributed by atoms with van der Waals surface area (Å²) in [5, 5.41) is 0.396. The van der Waals surface area contributed by atoms with Crippen LogP contribution in [0.2, 0.25) is 5.02 Å². The van der Waals surface area contributed by atoms with Crippen molar-refractivity contribution in [1.82, 2.24) is 0 Å². The zero-order valence-electron chi connectivity index (χ0n) is 13.3. The Labute approximate surface area is 148 Å². The SMILES string of the molecule is CCOC(=O)C(C(=O)OCC)=C1SCCN1c1ccc(F)c(Cl)c1. The van der Waals surface area contributed by atoms with Crippen molar-refractivity contribution in [1.29, 1.82) is 0 Å². The van der Waals surface area contributed by atoms with Crippen LogP contribution in [0.25, 0.3) is 0 Å². The lowest BCUT2D eigenvalue weighted by molar-refractivity contribution is -0.146. The summed E-state index contributed by atoms with van der Waals surface area (Å²) in [6.07, 6.45) is 0. The van der Waals surface area contributed by atoms with Gasteiger partial charge in [0.1, 0.15) is 5.82 Å². The van der Waals surface area contributed by atoms with Crippen LogP contribution < -0.4 is 4.90 Å². The van der Waals surface area contributed by atoms with E-state index >= 15 is 0 Å². The second kappa shape index (κ2) is 8.39. The smallest absolute Gasteiger partial charge is 0.348 e. The van der Waals surface area contributed by atoms with Gasteiger partial charge in [0, 0.05) is 18.0 Å². The number of rotatable bonds is 5. The van der Waals surface area contributed by atoms with Crippen LogP contribution in [-0.2, 0) is 19.1 Å². The fraction of sp³-hybridized carbons (Fsp3) is 0.375. The van der Waals surface area contributed by atoms with Gasteiger partial charge >= 0.3 is 11.9 Å². The number of benzene rings is 1. The Bertz CT molecular complexity index is 660. The maximum atomic E-state index is 13.4. The molecule has 8 heteroatoms. The van der Waals surface area contributed by atoms with Gasteiger partial charge < -0.3 is 14.4 Å². The quantitative estimate of drug-likeness (QED) is 0.341. The molecule has 0 saturated carbocycles. The van der Waals surface area contributed by atoms with Crippen molar-refractivity contribution < 1.29 is 23.5 Å². The molecule has 0 unspecified atom stereocenters. The molecule has 1 saturated heterocycles. The molecule has 5 nitrogen and oxygen atoms in total. The molecule has 1 fully saturated rings. The van der Waals surface area contributed by atoms with Gasteiger partial charge in [-0.2, -0.15) is 0 Å². The molecule has 0 bridgehead atoms. The van der Waals surface area contributed by atoms with E-state index < -0.39 is 17.8 Å². The van der Waals surface area contributed by atoms with Crippen LogP contribution in [0, 0.1) is 5.82 Å². The van der Waals surface area contributed by atoms with Crippen LogP contribution in [-0.4, -0.2) is 37.4 Å². The van der Waals surface area contributed by atoms with E-state index in [1.165, 1.54) is 23.9 Å². The Hall–Kier alpha value is -1.73. The number of carbonyl (C=O) groups is 2. The summed E-state index contributed by atoms with van der Waals surface area (Å²) in [6, 6.07) is 4.24. The lowest BCUT2D eigenvalue weighted by Crippen LogP contribution is -2.26. The average Bonchev–Trinajstić information content (AvgIpc) is 3.00. The highest BCUT2D eigenvalue weighted by Crippen LogP contribution is 2.37. The molecule has 0 spiro atoms. The molecule has 1 heterocycles. The van der Waals surface area contributed by atoms with Gasteiger partial charge in [-0.05, 0) is 32.0 Å². The first-order valence-electron chi connectivity index (χ1n) is 7.43. The lowest BCUT2D eigenvalue weighted by Gasteiger charge is -2.21. The van der Waals surface area contributed by atoms with E-state index in [1.807, 2.05) is 0 Å². The number of halogens is 2. The zero-order valence-corrected chi connectivity index (χ0v) is 14.9. The number of ether oxygens (including phenoxy) is 2. The molecular formula is C16H17ClFNO4S. The minimum absolute atomic E-state index is 0.0300. The van der Waals surface area contributed by atoms with E-state index in [4.69, 9.17) is 21.1 Å². The highest BCUT2D eigenvalue weighted by Gasteiger charge is 2.33. The van der Waals surface area contributed by atoms with Gasteiger partial charge in [0.05, 0.1) is 23.3 Å². The topological polar surface area (TPSA) is 55.8 Å². The third-order valence-electron chi connectivity index (χ3n) is 3.19. The van der Waals surface area contributed by atoms with Crippen LogP contribution >= 0.6 is 23.4 Å². The summed E-state index contributed by atoms with van der Waals surface area (Å²) in [4.78, 5) is 26.2. The molecular weight excluding hydrogens is 357 g/mol. The summed E-state index contributed by atoms with van der Waals surface area (Å²) < 4.78 is 23.4. The minimum atomic E-state index is -0.737. The molecule has 0 amide bonds. The molecule has 1 aliphatic rings. The molecule has 24 heavy (non-hydrogen) atoms. The summed E-state index contributed by atoms with van der Waals surface area (Å²) in [5.41, 5.74) is 0.439. The number of carbonyl (C=O) groups excluding carboxylic acids is 2. The number of anilines is 1. The summed E-state index contributed by atoms with van der Waals surface area (Å²) in [5.74, 6) is -1.35. The van der Waals surface area contributed by atoms with Crippen LogP contribution in [0.4, 0.5) is 10.1 Å². The normalized spacial score (nSPS) is 13.8. The van der Waals surface area contributed by atoms with Gasteiger partial charge in [0.25, 0.3) is 0 Å². The first-order valence-corrected chi connectivity index (χ1v) is 8.79. The second-order valence-electron chi connectivity index (χ2n) is 4.72. The van der Waals surface area contributed by atoms with E-state index in [9.17, 15) is 14.0 Å². The van der Waals surface area contributed by atoms with E-state index in [2.05, 4.69) is 0 Å². The van der Waals surface area contributed by atoms with Crippen LogP contribution in [0.1, 0.15) is 13.8 Å². The lowest BCUT2D eigenvalue weighted by atomic mass is 10.2. The van der Waals surface area contributed by atoms with Gasteiger partial charge in [-0.25, -0.2) is 14.0 Å². The summed E-state index contributed by atoms with van der Waals surface area (Å²) in [6.45, 7) is 4.14. The van der Waals surface area contributed by atoms with Gasteiger partial charge in [0.15, 0.2) is 5.57 Å². The van der Waals surface area contributed by atoms with Crippen molar-refractivity contribution >= 4 is 41.0 Å². The predicted octanol–water partition coefficient (Wildman–Crippen LogP) is 3.37. The number of thioether (sulfide) groups is 1. The third kappa shape index (κ3) is 4.02. The molecule has 130 valence electrons. The maximum Gasteiger partial charge on any atom is 0.348 e. The maximum absolute atomic E-state index is 13.4. The van der Waals surface area contributed by atoms with Crippen molar-refractivity contribution in [2.75, 3.05) is 30.4 Å². The Morgan fingerprint density at radius 2 is 1.88 bits per heavy atom. The molecule has 1 aliphatic heterocycles. The Balaban J connectivity index is 2.47. The summed E-state index contributed by atoms with van der Waals surface area (Å²) >= 11 is 7.18. The fourth-order valence-corrected chi connectivity index (χ4v) is 3.49. The van der Waals surface area contributed by atoms with E-state index in [0.29, 0.717) is 23.0 Å². The average molecular weight is 374 g/mol. The first-order chi connectivity index (χ1) is 11.5. The van der Waals surface area contributed by atoms with Gasteiger partial charge in [-0.1, -0.05) is 11.6 Å². The highest BCUT2D eigenvalue weighted by atomic mass is 35.5. The number of hydrogen-bond donors (Lipinski definition) is 0. The van der Waals surface area contributed by atoms with Crippen molar-refractivity contribution in [3.63, 3.8) is 0 Å². The van der Waals surface area contributed by atoms with Crippen molar-refractivity contribution in [3.8, 4) is 0 Å². The molecule has 0 aromatic heterocycles. The van der Waals surface area contributed by atoms with E-state index in [-0.39, 0.29) is 23.8 Å². The zero-order chi connectivity index (χ0) is 17.7. The minimum Gasteiger partial charge on any atom is -0.462 e. The molecule has 0 aliphatic carbocycles. The first kappa shape index (κ1) is 18.6. The number of esters is 2. The number of nitrogens with zero attached hydrogens (tertiary/aromatic N) is 1. The molecule has 0 N–H and O–H groups in total. The van der Waals surface area contributed by atoms with E-state index in [1.54, 1.807) is 24.8 Å². The van der Waals surface area contributed by atoms with Crippen LogP contribution in [0.3, 0.4) is 0 Å². The van der Waals surface area contributed by atoms with Crippen molar-refractivity contribution in [2.45, 2.75) is 13.8 Å². The molecule has 2 rings (SSSR count). The largest absolute Gasteiger partial charge is 0.462 e. The van der Waals surface area contributed by atoms with Crippen molar-refractivity contribution in [3.05, 3.63) is 39.6 Å².